The number of benzene rings is 6. The fourth-order valence-electron chi connectivity index (χ4n) is 14.7. The van der Waals surface area contributed by atoms with Crippen LogP contribution in [0.25, 0.3) is 11.1 Å². The van der Waals surface area contributed by atoms with Crippen LogP contribution in [0.2, 0.25) is 20.1 Å². The molecule has 8 heterocycles. The number of phenols is 3. The van der Waals surface area contributed by atoms with E-state index in [-0.39, 0.29) is 63.5 Å². The minimum absolute atomic E-state index is 0.0263. The number of aliphatic hydroxyl groups is 6. The maximum atomic E-state index is 16.3. The first-order valence-electron chi connectivity index (χ1n) is 38.0. The van der Waals surface area contributed by atoms with E-state index >= 15 is 24.0 Å². The predicted molar refractivity (Wildman–Crippen MR) is 434 cm³/mol. The molecule has 11 bridgehead atoms. The summed E-state index contributed by atoms with van der Waals surface area (Å²) in [5, 5.41) is 130. The lowest BCUT2D eigenvalue weighted by Gasteiger charge is -2.48. The number of hydrogen-bond acceptors (Lipinski definition) is 28. The Kier molecular flexibility index (Phi) is 28.1. The fraction of sp³-hybridized carbons (Fsp3) is 0.362. The number of phenolic OH excluding ortho intramolecular Hbond substituents is 3. The van der Waals surface area contributed by atoms with E-state index in [2.05, 4.69) is 52.8 Å². The predicted octanol–water partition coefficient (Wildman–Crippen LogP) is 2.51. The summed E-state index contributed by atoms with van der Waals surface area (Å²) in [5.41, 5.74) is 11.4. The Morgan fingerprint density at radius 3 is 1.93 bits per heavy atom. The number of primary amides is 2. The monoisotopic (exact) mass is 1780 g/mol. The van der Waals surface area contributed by atoms with Crippen molar-refractivity contribution in [1.82, 2.24) is 58.4 Å². The SMILES string of the molecule is CNC(CC(C)C)C(=O)NC1C(=O)NC(CC(N)=O)C(=O)NC2C(=O)NC3C(=O)NC(C(=O)NC(C(=O)NNC(N)=O)c4cc(O)cc(O)c4-c4cc3ccc4O)C(O)c3ccc(c(Cl)c3)Oc3cc2cc(c3OC2OC(CO)C(O)C(O)C2OC2CC(C)(NCc3cncc(NC(=O)c4cc(Cl)cc(Cl)c4)c3)C(O)C(C)O2)Oc2ccc(cc2Cl)C1O. The van der Waals surface area contributed by atoms with Gasteiger partial charge in [-0.1, -0.05) is 78.5 Å². The number of halogens is 4. The number of ether oxygens (including phenoxy) is 6. The van der Waals surface area contributed by atoms with Crippen LogP contribution in [0, 0.1) is 5.92 Å². The van der Waals surface area contributed by atoms with Crippen LogP contribution in [0.3, 0.4) is 0 Å². The second-order valence-electron chi connectivity index (χ2n) is 30.3. The van der Waals surface area contributed by atoms with Gasteiger partial charge in [0.2, 0.25) is 53.4 Å². The average Bonchev–Trinajstić information content (AvgIpc) is 0.765. The maximum absolute atomic E-state index is 16.3. The van der Waals surface area contributed by atoms with E-state index in [4.69, 9.17) is 86.3 Å². The summed E-state index contributed by atoms with van der Waals surface area (Å²) in [5.74, 6) is -16.6. The summed E-state index contributed by atoms with van der Waals surface area (Å²) in [6, 6.07) is 3.48. The first-order chi connectivity index (χ1) is 58.3. The Labute approximate surface area is 719 Å². The zero-order valence-corrected chi connectivity index (χ0v) is 68.6. The van der Waals surface area contributed by atoms with Crippen molar-refractivity contribution in [1.29, 1.82) is 0 Å². The van der Waals surface area contributed by atoms with Crippen LogP contribution in [0.15, 0.2) is 116 Å². The summed E-state index contributed by atoms with van der Waals surface area (Å²) in [6.07, 6.45) is -16.6. The molecule has 43 heteroatoms. The van der Waals surface area contributed by atoms with Gasteiger partial charge in [0.1, 0.15) is 95.5 Å². The summed E-state index contributed by atoms with van der Waals surface area (Å²) in [4.78, 5) is 149. The van der Waals surface area contributed by atoms with E-state index in [1.165, 1.54) is 56.7 Å². The molecule has 0 spiro atoms. The third kappa shape index (κ3) is 20.6. The molecule has 6 aromatic carbocycles. The first-order valence-corrected chi connectivity index (χ1v) is 39.6. The van der Waals surface area contributed by atoms with Crippen LogP contribution >= 0.6 is 46.4 Å². The molecule has 11 amide bonds. The lowest BCUT2D eigenvalue weighted by Crippen LogP contribution is -2.65. The number of pyridine rings is 1. The van der Waals surface area contributed by atoms with Gasteiger partial charge < -0.3 is 134 Å². The molecule has 1 aromatic heterocycles. The molecule has 123 heavy (non-hydrogen) atoms. The number of aromatic nitrogens is 1. The highest BCUT2D eigenvalue weighted by atomic mass is 35.5. The Morgan fingerprint density at radius 2 is 1.31 bits per heavy atom. The topological polar surface area (TPSA) is 605 Å². The second kappa shape index (κ2) is 38.1. The number of hydrazine groups is 1. The molecule has 24 N–H and O–H groups in total. The van der Waals surface area contributed by atoms with Gasteiger partial charge in [0.15, 0.2) is 23.9 Å². The van der Waals surface area contributed by atoms with Crippen molar-refractivity contribution in [2.75, 3.05) is 19.0 Å². The molecule has 7 aromatic rings. The summed E-state index contributed by atoms with van der Waals surface area (Å²) in [7, 11) is 1.46. The molecule has 7 aliphatic heterocycles. The van der Waals surface area contributed by atoms with Gasteiger partial charge in [-0.05, 0) is 145 Å². The highest BCUT2D eigenvalue weighted by molar-refractivity contribution is 6.35. The number of nitrogens with two attached hydrogens (primary N) is 2. The second-order valence-corrected chi connectivity index (χ2v) is 32.0. The highest BCUT2D eigenvalue weighted by Crippen LogP contribution is 2.50. The molecule has 18 unspecified atom stereocenters. The molecule has 39 nitrogen and oxygen atoms in total. The minimum atomic E-state index is -2.41. The molecular weight excluding hydrogens is 1700 g/mol. The number of urea groups is 1. The van der Waals surface area contributed by atoms with Crippen LogP contribution in [0.5, 0.6) is 46.0 Å². The third-order valence-electron chi connectivity index (χ3n) is 20.9. The van der Waals surface area contributed by atoms with Crippen molar-refractivity contribution < 1.29 is 122 Å². The highest BCUT2D eigenvalue weighted by Gasteiger charge is 2.52. The smallest absolute Gasteiger partial charge is 0.330 e. The zero-order chi connectivity index (χ0) is 89.1. The van der Waals surface area contributed by atoms with E-state index in [0.29, 0.717) is 5.56 Å². The van der Waals surface area contributed by atoms with Gasteiger partial charge in [-0.15, -0.1) is 0 Å². The van der Waals surface area contributed by atoms with Gasteiger partial charge in [-0.2, -0.15) is 0 Å². The molecule has 14 rings (SSSR count). The van der Waals surface area contributed by atoms with Crippen LogP contribution in [-0.4, -0.2) is 203 Å². The molecule has 0 radical (unpaired) electrons. The Morgan fingerprint density at radius 1 is 0.675 bits per heavy atom. The lowest BCUT2D eigenvalue weighted by molar-refractivity contribution is -0.334. The number of carbonyl (C=O) groups excluding carboxylic acids is 10. The Bertz CT molecular complexity index is 5270. The standard InChI is InChI=1S/C80H86Cl4N14O25/c1-30(2)12-46(87-5)71(110)95-61-63(104)34-7-10-50(44(83)17-34)119-52-19-36-20-53(67(52)123-78-68(66(107)65(106)54(29-99)121-78)122-56-25-80(4,69(108)31(3)118-56)89-27-32-13-40(28-88-26-32)90-70(109)37-14-38(81)21-39(82)15-37)120-51-11-8-35(18-45(51)84)64(105)62-76(115)94-60(77(116)97-98-79(86)117)43-22-41(100)23-49(102)57(43)42-16-33(6-9-48(42)101)58(73(112)96-62)93-74(113)59(36)92-72(111)47(24-55(85)103)91-75(61)114/h6-11,13-23,26,28,30-31,46-47,54,56,58-66,68-69,78,87,89,99-102,104-108H,12,24-25,27,29H2,1-5H3,(H2,85,103)(H,90,109)(H,91,114)(H,92,111)(H,93,113)(H,94,115)(H,95,110)(H,96,112)(H,97,116)(H3,86,98,117). The van der Waals surface area contributed by atoms with E-state index < -0.39 is 260 Å². The summed E-state index contributed by atoms with van der Waals surface area (Å²) in [6.45, 7) is 5.70. The van der Waals surface area contributed by atoms with Crippen molar-refractivity contribution in [3.8, 4) is 57.1 Å². The number of aromatic hydroxyl groups is 3. The van der Waals surface area contributed by atoms with E-state index in [1.54, 1.807) is 13.0 Å². The number of nitrogens with zero attached hydrogens (tertiary/aromatic N) is 1. The Hall–Kier alpha value is -11.5. The van der Waals surface area contributed by atoms with Crippen molar-refractivity contribution in [3.05, 3.63) is 175 Å². The van der Waals surface area contributed by atoms with Gasteiger partial charge >= 0.3 is 6.03 Å². The van der Waals surface area contributed by atoms with Crippen LogP contribution in [0.1, 0.15) is 121 Å². The molecule has 2 fully saturated rings. The normalized spacial score (nSPS) is 26.1. The maximum Gasteiger partial charge on any atom is 0.330 e. The fourth-order valence-corrected chi connectivity index (χ4v) is 15.7. The summed E-state index contributed by atoms with van der Waals surface area (Å²) < 4.78 is 39.4. The molecule has 18 atom stereocenters. The number of hydrogen-bond donors (Lipinski definition) is 22. The molecule has 654 valence electrons. The van der Waals surface area contributed by atoms with Gasteiger partial charge in [-0.25, -0.2) is 10.2 Å². The van der Waals surface area contributed by atoms with E-state index in [0.717, 1.165) is 66.7 Å². The summed E-state index contributed by atoms with van der Waals surface area (Å²) >= 11 is 26.7. The molecule has 7 aliphatic rings. The number of rotatable bonds is 18. The molecular formula is C80H86Cl4N14O25. The van der Waals surface area contributed by atoms with Gasteiger partial charge in [0, 0.05) is 57.5 Å². The number of amides is 11. The zero-order valence-electron chi connectivity index (χ0n) is 65.6. The van der Waals surface area contributed by atoms with Crippen LogP contribution in [0.4, 0.5) is 10.5 Å². The Balaban J connectivity index is 1.03. The number of aliphatic hydroxyl groups excluding tert-OH is 6. The molecule has 0 saturated carbocycles. The number of fused-ring (bicyclic) bond motifs is 15. The van der Waals surface area contributed by atoms with Gasteiger partial charge in [0.05, 0.1) is 53.2 Å². The molecule has 2 saturated heterocycles. The van der Waals surface area contributed by atoms with Gasteiger partial charge in [0.25, 0.3) is 11.8 Å². The minimum Gasteiger partial charge on any atom is -0.508 e. The van der Waals surface area contributed by atoms with E-state index in [1.807, 2.05) is 24.7 Å². The first kappa shape index (κ1) is 90.7. The number of likely N-dealkylation sites (N-methyl/N-ethyl adjacent to an activating group) is 1. The quantitative estimate of drug-likeness (QED) is 0.0549. The van der Waals surface area contributed by atoms with Gasteiger partial charge in [-0.3, -0.25) is 53.6 Å². The lowest BCUT2D eigenvalue weighted by atomic mass is 9.84. The van der Waals surface area contributed by atoms with Crippen molar-refractivity contribution in [2.45, 2.75) is 163 Å². The molecule has 0 aliphatic carbocycles. The van der Waals surface area contributed by atoms with Crippen molar-refractivity contribution in [2.24, 2.45) is 17.4 Å². The van der Waals surface area contributed by atoms with Crippen LogP contribution in [-0.2, 0) is 59.1 Å². The van der Waals surface area contributed by atoms with Crippen LogP contribution < -0.4 is 84.4 Å². The van der Waals surface area contributed by atoms with E-state index in [9.17, 15) is 69.9 Å². The average molecular weight is 1790 g/mol. The number of nitrogens with one attached hydrogen (secondary N) is 11. The number of anilines is 1. The largest absolute Gasteiger partial charge is 0.508 e. The number of carbonyl (C=O) groups is 10. The van der Waals surface area contributed by atoms with Crippen molar-refractivity contribution in [3.63, 3.8) is 0 Å². The third-order valence-corrected chi connectivity index (χ3v) is 22.0. The van der Waals surface area contributed by atoms with Crippen molar-refractivity contribution >= 4 is 111 Å².